The number of para-hydroxylation sites is 1. The Morgan fingerprint density at radius 3 is 2.89 bits per heavy atom. The molecule has 2 N–H and O–H groups in total. The molecule has 0 radical (unpaired) electrons. The smallest absolute Gasteiger partial charge is 0.270 e. The van der Waals surface area contributed by atoms with Gasteiger partial charge in [-0.05, 0) is 31.9 Å². The second-order valence-electron chi connectivity index (χ2n) is 4.85. The molecule has 0 unspecified atom stereocenters. The number of pyridine rings is 1. The summed E-state index contributed by atoms with van der Waals surface area (Å²) < 4.78 is 0. The van der Waals surface area contributed by atoms with Crippen LogP contribution in [0.25, 0.3) is 10.9 Å². The molecule has 0 atom stereocenters. The highest BCUT2D eigenvalue weighted by atomic mass is 16.2. The summed E-state index contributed by atoms with van der Waals surface area (Å²) in [4.78, 5) is 16.5. The number of rotatable bonds is 4. The third-order valence-electron chi connectivity index (χ3n) is 3.23. The van der Waals surface area contributed by atoms with Crippen molar-refractivity contribution in [2.45, 2.75) is 25.8 Å². The minimum atomic E-state index is -0.0765. The van der Waals surface area contributed by atoms with Crippen LogP contribution in [0.5, 0.6) is 0 Å². The van der Waals surface area contributed by atoms with E-state index in [2.05, 4.69) is 15.6 Å². The molecule has 4 heteroatoms. The Morgan fingerprint density at radius 1 is 1.37 bits per heavy atom. The zero-order chi connectivity index (χ0) is 13.2. The van der Waals surface area contributed by atoms with Crippen LogP contribution >= 0.6 is 0 Å². The summed E-state index contributed by atoms with van der Waals surface area (Å²) in [6, 6.07) is 10.1. The van der Waals surface area contributed by atoms with E-state index in [-0.39, 0.29) is 5.91 Å². The molecule has 0 aliphatic heterocycles. The highest BCUT2D eigenvalue weighted by molar-refractivity contribution is 5.99. The predicted octanol–water partition coefficient (Wildman–Crippen LogP) is 2.56. The quantitative estimate of drug-likeness (QED) is 0.882. The highest BCUT2D eigenvalue weighted by Gasteiger charge is 2.24. The average Bonchev–Trinajstić information content (AvgIpc) is 3.23. The zero-order valence-corrected chi connectivity index (χ0v) is 10.9. The van der Waals surface area contributed by atoms with Gasteiger partial charge in [0.15, 0.2) is 0 Å². The predicted molar refractivity (Wildman–Crippen MR) is 76.4 cm³/mol. The van der Waals surface area contributed by atoms with Crippen molar-refractivity contribution in [2.75, 3.05) is 11.9 Å². The number of amides is 1. The summed E-state index contributed by atoms with van der Waals surface area (Å²) in [5.41, 5.74) is 2.30. The van der Waals surface area contributed by atoms with Crippen molar-refractivity contribution in [1.29, 1.82) is 0 Å². The SMILES string of the molecule is CCNc1cc(C(=O)NC2CC2)nc2ccccc12. The molecular formula is C15H17N3O. The Hall–Kier alpha value is -2.10. The van der Waals surface area contributed by atoms with Crippen LogP contribution < -0.4 is 10.6 Å². The fourth-order valence-electron chi connectivity index (χ4n) is 2.12. The topological polar surface area (TPSA) is 54.0 Å². The molecular weight excluding hydrogens is 238 g/mol. The van der Waals surface area contributed by atoms with Gasteiger partial charge < -0.3 is 10.6 Å². The maximum absolute atomic E-state index is 12.1. The van der Waals surface area contributed by atoms with E-state index in [9.17, 15) is 4.79 Å². The maximum atomic E-state index is 12.1. The van der Waals surface area contributed by atoms with Gasteiger partial charge in [0.2, 0.25) is 0 Å². The first kappa shape index (κ1) is 12.0. The summed E-state index contributed by atoms with van der Waals surface area (Å²) in [6.45, 7) is 2.86. The molecule has 1 fully saturated rings. The van der Waals surface area contributed by atoms with Crippen molar-refractivity contribution in [2.24, 2.45) is 0 Å². The lowest BCUT2D eigenvalue weighted by atomic mass is 10.1. The van der Waals surface area contributed by atoms with Crippen LogP contribution in [0.1, 0.15) is 30.3 Å². The minimum Gasteiger partial charge on any atom is -0.385 e. The molecule has 1 aromatic carbocycles. The first-order valence-corrected chi connectivity index (χ1v) is 6.72. The van der Waals surface area contributed by atoms with Gasteiger partial charge in [-0.2, -0.15) is 0 Å². The van der Waals surface area contributed by atoms with Gasteiger partial charge in [-0.25, -0.2) is 4.98 Å². The average molecular weight is 255 g/mol. The minimum absolute atomic E-state index is 0.0765. The normalized spacial score (nSPS) is 14.4. The van der Waals surface area contributed by atoms with E-state index in [0.29, 0.717) is 11.7 Å². The Balaban J connectivity index is 2.01. The molecule has 0 saturated heterocycles. The Labute approximate surface area is 112 Å². The second kappa shape index (κ2) is 4.88. The van der Waals surface area contributed by atoms with Crippen LogP contribution in [0.15, 0.2) is 30.3 Å². The van der Waals surface area contributed by atoms with Crippen molar-refractivity contribution < 1.29 is 4.79 Å². The van der Waals surface area contributed by atoms with E-state index in [1.54, 1.807) is 0 Å². The fraction of sp³-hybridized carbons (Fsp3) is 0.333. The van der Waals surface area contributed by atoms with Crippen LogP contribution in [0.3, 0.4) is 0 Å². The summed E-state index contributed by atoms with van der Waals surface area (Å²) in [6.07, 6.45) is 2.17. The van der Waals surface area contributed by atoms with E-state index in [1.165, 1.54) is 0 Å². The number of benzene rings is 1. The van der Waals surface area contributed by atoms with Crippen LogP contribution in [0.4, 0.5) is 5.69 Å². The monoisotopic (exact) mass is 255 g/mol. The van der Waals surface area contributed by atoms with Gasteiger partial charge in [0.1, 0.15) is 5.69 Å². The molecule has 19 heavy (non-hydrogen) atoms. The number of hydrogen-bond acceptors (Lipinski definition) is 3. The van der Waals surface area contributed by atoms with Crippen LogP contribution in [0, 0.1) is 0 Å². The van der Waals surface area contributed by atoms with Gasteiger partial charge in [0.05, 0.1) is 5.52 Å². The third kappa shape index (κ3) is 2.52. The largest absolute Gasteiger partial charge is 0.385 e. The third-order valence-corrected chi connectivity index (χ3v) is 3.23. The Bertz CT molecular complexity index is 620. The summed E-state index contributed by atoms with van der Waals surface area (Å²) in [5, 5.41) is 7.32. The lowest BCUT2D eigenvalue weighted by Crippen LogP contribution is -2.26. The van der Waals surface area contributed by atoms with E-state index in [4.69, 9.17) is 0 Å². The molecule has 1 aliphatic carbocycles. The number of carbonyl (C=O) groups excluding carboxylic acids is 1. The molecule has 1 heterocycles. The fourth-order valence-corrected chi connectivity index (χ4v) is 2.12. The van der Waals surface area contributed by atoms with Gasteiger partial charge in [0.25, 0.3) is 5.91 Å². The van der Waals surface area contributed by atoms with Crippen molar-refractivity contribution in [1.82, 2.24) is 10.3 Å². The number of nitrogens with one attached hydrogen (secondary N) is 2. The molecule has 2 aromatic rings. The van der Waals surface area contributed by atoms with E-state index in [1.807, 2.05) is 37.3 Å². The van der Waals surface area contributed by atoms with Crippen molar-refractivity contribution in [3.8, 4) is 0 Å². The highest BCUT2D eigenvalue weighted by Crippen LogP contribution is 2.24. The van der Waals surface area contributed by atoms with Gasteiger partial charge in [-0.1, -0.05) is 18.2 Å². The number of anilines is 1. The van der Waals surface area contributed by atoms with Crippen LogP contribution in [-0.4, -0.2) is 23.5 Å². The van der Waals surface area contributed by atoms with Gasteiger partial charge >= 0.3 is 0 Å². The number of aromatic nitrogens is 1. The summed E-state index contributed by atoms with van der Waals surface area (Å²) in [5.74, 6) is -0.0765. The first-order chi connectivity index (χ1) is 9.28. The molecule has 1 saturated carbocycles. The van der Waals surface area contributed by atoms with Gasteiger partial charge in [0, 0.05) is 23.7 Å². The number of hydrogen-bond donors (Lipinski definition) is 2. The molecule has 0 bridgehead atoms. The second-order valence-corrected chi connectivity index (χ2v) is 4.85. The lowest BCUT2D eigenvalue weighted by Gasteiger charge is -2.10. The van der Waals surface area contributed by atoms with Gasteiger partial charge in [-0.15, -0.1) is 0 Å². The summed E-state index contributed by atoms with van der Waals surface area (Å²) >= 11 is 0. The van der Waals surface area contributed by atoms with Crippen LogP contribution in [0.2, 0.25) is 0 Å². The Morgan fingerprint density at radius 2 is 2.16 bits per heavy atom. The maximum Gasteiger partial charge on any atom is 0.270 e. The van der Waals surface area contributed by atoms with Crippen molar-refractivity contribution in [3.63, 3.8) is 0 Å². The van der Waals surface area contributed by atoms with Crippen molar-refractivity contribution >= 4 is 22.5 Å². The molecule has 4 nitrogen and oxygen atoms in total. The molecule has 98 valence electrons. The molecule has 1 aromatic heterocycles. The molecule has 0 spiro atoms. The van der Waals surface area contributed by atoms with E-state index < -0.39 is 0 Å². The van der Waals surface area contributed by atoms with Gasteiger partial charge in [-0.3, -0.25) is 4.79 Å². The van der Waals surface area contributed by atoms with Crippen LogP contribution in [-0.2, 0) is 0 Å². The van der Waals surface area contributed by atoms with Crippen molar-refractivity contribution in [3.05, 3.63) is 36.0 Å². The molecule has 3 rings (SSSR count). The Kier molecular flexibility index (Phi) is 3.07. The van der Waals surface area contributed by atoms with E-state index >= 15 is 0 Å². The number of fused-ring (bicyclic) bond motifs is 1. The zero-order valence-electron chi connectivity index (χ0n) is 10.9. The summed E-state index contributed by atoms with van der Waals surface area (Å²) in [7, 11) is 0. The molecule has 1 aliphatic rings. The lowest BCUT2D eigenvalue weighted by molar-refractivity contribution is 0.0946. The first-order valence-electron chi connectivity index (χ1n) is 6.72. The van der Waals surface area contributed by atoms with E-state index in [0.717, 1.165) is 36.0 Å². The molecule has 1 amide bonds. The standard InChI is InChI=1S/C15H17N3O/c1-2-16-13-9-14(15(19)17-10-7-8-10)18-12-6-4-3-5-11(12)13/h3-6,9-10H,2,7-8H2,1H3,(H,16,18)(H,17,19). The number of nitrogens with zero attached hydrogens (tertiary/aromatic N) is 1. The number of carbonyl (C=O) groups is 1.